The van der Waals surface area contributed by atoms with Crippen molar-refractivity contribution in [2.75, 3.05) is 17.2 Å². The number of fused-ring (bicyclic) bond motifs is 1. The number of nitrogens with zero attached hydrogens (tertiary/aromatic N) is 3. The monoisotopic (exact) mass is 403 g/mol. The van der Waals surface area contributed by atoms with Gasteiger partial charge in [-0.1, -0.05) is 18.2 Å². The number of guanidine groups is 1. The van der Waals surface area contributed by atoms with Crippen LogP contribution in [0.3, 0.4) is 0 Å². The zero-order valence-corrected chi connectivity index (χ0v) is 17.6. The van der Waals surface area contributed by atoms with Gasteiger partial charge < -0.3 is 10.1 Å². The summed E-state index contributed by atoms with van der Waals surface area (Å²) in [5, 5.41) is 6.48. The molecule has 1 atom stereocenters. The lowest BCUT2D eigenvalue weighted by Crippen LogP contribution is -2.37. The van der Waals surface area contributed by atoms with Crippen LogP contribution in [0.1, 0.15) is 35.5 Å². The largest absolute Gasteiger partial charge is 0.494 e. The van der Waals surface area contributed by atoms with E-state index in [4.69, 9.17) is 9.73 Å². The molecule has 30 heavy (non-hydrogen) atoms. The second-order valence-corrected chi connectivity index (χ2v) is 7.33. The summed E-state index contributed by atoms with van der Waals surface area (Å²) >= 11 is 0. The number of aliphatic imine (C=N–C) groups is 1. The summed E-state index contributed by atoms with van der Waals surface area (Å²) in [6, 6.07) is 15.3. The van der Waals surface area contributed by atoms with Gasteiger partial charge >= 0.3 is 0 Å². The van der Waals surface area contributed by atoms with Crippen molar-refractivity contribution in [3.63, 3.8) is 0 Å². The minimum absolute atomic E-state index is 0.155. The Bertz CT molecular complexity index is 1170. The maximum atomic E-state index is 12.8. The maximum Gasteiger partial charge on any atom is 0.257 e. The molecular weight excluding hydrogens is 378 g/mol. The van der Waals surface area contributed by atoms with Crippen molar-refractivity contribution in [2.45, 2.75) is 33.9 Å². The van der Waals surface area contributed by atoms with E-state index in [1.807, 2.05) is 37.3 Å². The quantitative estimate of drug-likeness (QED) is 0.688. The third-order valence-corrected chi connectivity index (χ3v) is 5.07. The molecule has 0 fully saturated rings. The molecule has 7 nitrogen and oxygen atoms in total. The number of aryl methyl sites for hydroxylation is 3. The number of hydrogen-bond donors (Lipinski definition) is 2. The first-order valence-electron chi connectivity index (χ1n) is 9.96. The Kier molecular flexibility index (Phi) is 5.27. The number of ether oxygens (including phenoxy) is 1. The first-order chi connectivity index (χ1) is 14.4. The highest BCUT2D eigenvalue weighted by molar-refractivity contribution is 6.03. The van der Waals surface area contributed by atoms with Crippen LogP contribution >= 0.6 is 0 Å². The summed E-state index contributed by atoms with van der Waals surface area (Å²) in [5.74, 6) is 1.78. The molecule has 7 heteroatoms. The van der Waals surface area contributed by atoms with E-state index in [1.54, 1.807) is 11.5 Å². The lowest BCUT2D eigenvalue weighted by Gasteiger charge is -2.27. The third-order valence-electron chi connectivity index (χ3n) is 5.07. The van der Waals surface area contributed by atoms with Gasteiger partial charge in [0, 0.05) is 17.4 Å². The van der Waals surface area contributed by atoms with E-state index in [9.17, 15) is 4.79 Å². The van der Waals surface area contributed by atoms with Gasteiger partial charge in [0.05, 0.1) is 6.61 Å². The van der Waals surface area contributed by atoms with E-state index < -0.39 is 6.17 Å². The molecule has 0 saturated carbocycles. The molecule has 0 amide bonds. The molecule has 0 aliphatic carbocycles. The van der Waals surface area contributed by atoms with Crippen molar-refractivity contribution in [1.82, 2.24) is 9.55 Å². The SMILES string of the molecule is CCOc1ccc(C2N=C(Nc3ccc(C)c(C)c3)Nc3nc(C)cc(=O)n32)cc1. The van der Waals surface area contributed by atoms with Crippen molar-refractivity contribution in [2.24, 2.45) is 4.99 Å². The standard InChI is InChI=1S/C23H25N5O2/c1-5-30-19-10-7-17(8-11-19)21-26-22(25-18-9-6-14(2)15(3)12-18)27-23-24-16(4)13-20(29)28(21)23/h6-13,21H,5H2,1-4H3,(H2,24,25,26,27). The van der Waals surface area contributed by atoms with E-state index in [1.165, 1.54) is 17.2 Å². The van der Waals surface area contributed by atoms with Crippen molar-refractivity contribution in [3.05, 3.63) is 81.3 Å². The number of nitrogens with one attached hydrogen (secondary N) is 2. The summed E-state index contributed by atoms with van der Waals surface area (Å²) in [6.45, 7) is 8.49. The average Bonchev–Trinajstić information content (AvgIpc) is 2.70. The molecule has 2 N–H and O–H groups in total. The Morgan fingerprint density at radius 1 is 1.07 bits per heavy atom. The normalized spacial score (nSPS) is 15.1. The van der Waals surface area contributed by atoms with Gasteiger partial charge in [0.25, 0.3) is 5.56 Å². The molecule has 0 radical (unpaired) electrons. The van der Waals surface area contributed by atoms with Gasteiger partial charge in [-0.3, -0.25) is 14.7 Å². The van der Waals surface area contributed by atoms with Crippen LogP contribution in [0.4, 0.5) is 11.6 Å². The second-order valence-electron chi connectivity index (χ2n) is 7.33. The smallest absolute Gasteiger partial charge is 0.257 e. The topological polar surface area (TPSA) is 80.5 Å². The highest BCUT2D eigenvalue weighted by Gasteiger charge is 2.25. The van der Waals surface area contributed by atoms with Crippen LogP contribution < -0.4 is 20.9 Å². The minimum Gasteiger partial charge on any atom is -0.494 e. The Morgan fingerprint density at radius 2 is 1.83 bits per heavy atom. The number of anilines is 2. The molecular formula is C23H25N5O2. The molecule has 0 spiro atoms. The van der Waals surface area contributed by atoms with Gasteiger partial charge in [-0.05, 0) is 68.7 Å². The number of rotatable bonds is 4. The number of benzene rings is 2. The van der Waals surface area contributed by atoms with Gasteiger partial charge in [-0.15, -0.1) is 0 Å². The zero-order chi connectivity index (χ0) is 21.3. The van der Waals surface area contributed by atoms with Crippen LogP contribution in [0.25, 0.3) is 0 Å². The molecule has 1 unspecified atom stereocenters. The van der Waals surface area contributed by atoms with Gasteiger partial charge in [0.1, 0.15) is 5.75 Å². The van der Waals surface area contributed by atoms with Crippen LogP contribution in [0.5, 0.6) is 5.75 Å². The second kappa shape index (κ2) is 8.02. The summed E-state index contributed by atoms with van der Waals surface area (Å²) in [4.78, 5) is 22.1. The van der Waals surface area contributed by atoms with Crippen LogP contribution in [-0.4, -0.2) is 22.1 Å². The van der Waals surface area contributed by atoms with Crippen LogP contribution in [0.2, 0.25) is 0 Å². The third kappa shape index (κ3) is 3.91. The molecule has 4 rings (SSSR count). The number of aromatic nitrogens is 2. The van der Waals surface area contributed by atoms with Gasteiger partial charge in [0.15, 0.2) is 6.17 Å². The highest BCUT2D eigenvalue weighted by atomic mass is 16.5. The zero-order valence-electron chi connectivity index (χ0n) is 17.6. The fourth-order valence-electron chi connectivity index (χ4n) is 3.39. The molecule has 2 aromatic carbocycles. The van der Waals surface area contributed by atoms with Gasteiger partial charge in [-0.2, -0.15) is 0 Å². The summed E-state index contributed by atoms with van der Waals surface area (Å²) in [7, 11) is 0. The van der Waals surface area contributed by atoms with E-state index in [-0.39, 0.29) is 5.56 Å². The lowest BCUT2D eigenvalue weighted by atomic mass is 10.1. The predicted molar refractivity (Wildman–Crippen MR) is 120 cm³/mol. The minimum atomic E-state index is -0.536. The van der Waals surface area contributed by atoms with Crippen molar-refractivity contribution in [1.29, 1.82) is 0 Å². The van der Waals surface area contributed by atoms with Crippen molar-refractivity contribution in [3.8, 4) is 5.75 Å². The van der Waals surface area contributed by atoms with Crippen LogP contribution in [-0.2, 0) is 0 Å². The molecule has 0 bridgehead atoms. The molecule has 3 aromatic rings. The fourth-order valence-corrected chi connectivity index (χ4v) is 3.39. The lowest BCUT2D eigenvalue weighted by molar-refractivity contribution is 0.340. The number of hydrogen-bond acceptors (Lipinski definition) is 6. The molecule has 2 heterocycles. The Hall–Kier alpha value is -3.61. The molecule has 1 aromatic heterocycles. The van der Waals surface area contributed by atoms with E-state index >= 15 is 0 Å². The Labute approximate surface area is 175 Å². The average molecular weight is 403 g/mol. The van der Waals surface area contributed by atoms with Crippen LogP contribution in [0, 0.1) is 20.8 Å². The maximum absolute atomic E-state index is 12.8. The van der Waals surface area contributed by atoms with Crippen molar-refractivity contribution >= 4 is 17.6 Å². The van der Waals surface area contributed by atoms with Gasteiger partial charge in [0.2, 0.25) is 11.9 Å². The summed E-state index contributed by atoms with van der Waals surface area (Å²) in [6.07, 6.45) is -0.536. The first-order valence-corrected chi connectivity index (χ1v) is 9.96. The first kappa shape index (κ1) is 19.7. The van der Waals surface area contributed by atoms with E-state index in [0.29, 0.717) is 24.2 Å². The molecule has 1 aliphatic rings. The summed E-state index contributed by atoms with van der Waals surface area (Å²) in [5.41, 5.74) is 4.69. The van der Waals surface area contributed by atoms with E-state index in [2.05, 4.69) is 41.6 Å². The highest BCUT2D eigenvalue weighted by Crippen LogP contribution is 2.27. The van der Waals surface area contributed by atoms with E-state index in [0.717, 1.165) is 17.0 Å². The van der Waals surface area contributed by atoms with Gasteiger partial charge in [-0.25, -0.2) is 9.98 Å². The molecule has 1 aliphatic heterocycles. The summed E-state index contributed by atoms with van der Waals surface area (Å²) < 4.78 is 7.10. The molecule has 154 valence electrons. The predicted octanol–water partition coefficient (Wildman–Crippen LogP) is 4.01. The molecule has 0 saturated heterocycles. The van der Waals surface area contributed by atoms with Crippen molar-refractivity contribution < 1.29 is 4.74 Å². The van der Waals surface area contributed by atoms with Crippen LogP contribution in [0.15, 0.2) is 58.3 Å². The fraction of sp³-hybridized carbons (Fsp3) is 0.261. The Balaban J connectivity index is 1.75. The Morgan fingerprint density at radius 3 is 2.53 bits per heavy atom.